The van der Waals surface area contributed by atoms with Crippen LogP contribution in [0.4, 0.5) is 0 Å². The number of imidazole rings is 1. The van der Waals surface area contributed by atoms with Gasteiger partial charge < -0.3 is 9.67 Å². The summed E-state index contributed by atoms with van der Waals surface area (Å²) in [4.78, 5) is 18.6. The monoisotopic (exact) mass is 263 g/mol. The Kier molecular flexibility index (Phi) is 4.35. The van der Waals surface area contributed by atoms with Crippen LogP contribution in [-0.4, -0.2) is 31.4 Å². The summed E-state index contributed by atoms with van der Waals surface area (Å²) < 4.78 is 1.97. The van der Waals surface area contributed by atoms with E-state index < -0.39 is 5.97 Å². The zero-order valence-corrected chi connectivity index (χ0v) is 10.5. The van der Waals surface area contributed by atoms with Gasteiger partial charge in [0.25, 0.3) is 0 Å². The number of rotatable bonds is 6. The van der Waals surface area contributed by atoms with Crippen molar-refractivity contribution in [2.75, 3.05) is 5.75 Å². The van der Waals surface area contributed by atoms with Gasteiger partial charge in [0.1, 0.15) is 0 Å². The molecule has 0 aliphatic heterocycles. The van der Waals surface area contributed by atoms with E-state index in [2.05, 4.69) is 9.97 Å². The summed E-state index contributed by atoms with van der Waals surface area (Å²) >= 11 is 1.24. The molecule has 2 aromatic heterocycles. The van der Waals surface area contributed by atoms with Crippen molar-refractivity contribution in [2.45, 2.75) is 18.1 Å². The predicted octanol–water partition coefficient (Wildman–Crippen LogP) is 1.70. The molecule has 0 aromatic carbocycles. The zero-order valence-electron chi connectivity index (χ0n) is 9.69. The smallest absolute Gasteiger partial charge is 0.313 e. The van der Waals surface area contributed by atoms with Gasteiger partial charge in [0.05, 0.1) is 5.75 Å². The highest BCUT2D eigenvalue weighted by Crippen LogP contribution is 2.15. The fourth-order valence-electron chi connectivity index (χ4n) is 1.53. The van der Waals surface area contributed by atoms with E-state index in [1.165, 1.54) is 17.3 Å². The molecule has 18 heavy (non-hydrogen) atoms. The molecule has 0 atom stereocenters. The molecular weight excluding hydrogens is 250 g/mol. The van der Waals surface area contributed by atoms with Crippen LogP contribution in [-0.2, 0) is 17.8 Å². The number of hydrogen-bond donors (Lipinski definition) is 1. The van der Waals surface area contributed by atoms with E-state index in [-0.39, 0.29) is 5.75 Å². The van der Waals surface area contributed by atoms with Crippen molar-refractivity contribution in [1.29, 1.82) is 0 Å². The second kappa shape index (κ2) is 6.20. The molecule has 2 heterocycles. The number of aryl methyl sites for hydroxylation is 2. The van der Waals surface area contributed by atoms with Crippen molar-refractivity contribution < 1.29 is 9.90 Å². The minimum atomic E-state index is -0.830. The van der Waals surface area contributed by atoms with Gasteiger partial charge in [-0.05, 0) is 24.1 Å². The fraction of sp³-hybridized carbons (Fsp3) is 0.250. The third-order valence-electron chi connectivity index (χ3n) is 2.39. The molecule has 0 bridgehead atoms. The van der Waals surface area contributed by atoms with E-state index in [0.29, 0.717) is 0 Å². The number of nitrogens with zero attached hydrogens (tertiary/aromatic N) is 3. The molecule has 0 fully saturated rings. The maximum Gasteiger partial charge on any atom is 0.313 e. The Morgan fingerprint density at radius 1 is 1.33 bits per heavy atom. The fourth-order valence-corrected chi connectivity index (χ4v) is 2.24. The number of hydrogen-bond acceptors (Lipinski definition) is 4. The van der Waals surface area contributed by atoms with Crippen LogP contribution in [0.25, 0.3) is 0 Å². The average molecular weight is 263 g/mol. The molecule has 0 aliphatic rings. The summed E-state index contributed by atoms with van der Waals surface area (Å²) in [6.07, 6.45) is 7.97. The summed E-state index contributed by atoms with van der Waals surface area (Å²) in [5, 5.41) is 9.39. The SMILES string of the molecule is O=C(O)CSc1nccn1CCc1ccncc1. The summed E-state index contributed by atoms with van der Waals surface area (Å²) in [6, 6.07) is 3.95. The molecule has 0 spiro atoms. The normalized spacial score (nSPS) is 10.4. The van der Waals surface area contributed by atoms with Crippen LogP contribution in [0.2, 0.25) is 0 Å². The van der Waals surface area contributed by atoms with E-state index in [9.17, 15) is 4.79 Å². The van der Waals surface area contributed by atoms with E-state index in [4.69, 9.17) is 5.11 Å². The van der Waals surface area contributed by atoms with Crippen molar-refractivity contribution in [3.8, 4) is 0 Å². The molecule has 0 unspecified atom stereocenters. The zero-order chi connectivity index (χ0) is 12.8. The van der Waals surface area contributed by atoms with Crippen molar-refractivity contribution >= 4 is 17.7 Å². The summed E-state index contributed by atoms with van der Waals surface area (Å²) in [6.45, 7) is 0.784. The minimum Gasteiger partial charge on any atom is -0.481 e. The third kappa shape index (κ3) is 3.59. The van der Waals surface area contributed by atoms with Crippen LogP contribution >= 0.6 is 11.8 Å². The van der Waals surface area contributed by atoms with Crippen LogP contribution in [0.1, 0.15) is 5.56 Å². The lowest BCUT2D eigenvalue weighted by molar-refractivity contribution is -0.133. The van der Waals surface area contributed by atoms with Gasteiger partial charge in [-0.1, -0.05) is 11.8 Å². The maximum absolute atomic E-state index is 10.5. The Bertz CT molecular complexity index is 513. The standard InChI is InChI=1S/C12H13N3O2S/c16-11(17)9-18-12-14-6-8-15(12)7-3-10-1-4-13-5-2-10/h1-2,4-6,8H,3,7,9H2,(H,16,17). The minimum absolute atomic E-state index is 0.0340. The Hall–Kier alpha value is -1.82. The van der Waals surface area contributed by atoms with Gasteiger partial charge in [-0.2, -0.15) is 0 Å². The molecule has 2 rings (SSSR count). The maximum atomic E-state index is 10.5. The Morgan fingerprint density at radius 2 is 2.11 bits per heavy atom. The first-order valence-electron chi connectivity index (χ1n) is 5.50. The van der Waals surface area contributed by atoms with Gasteiger partial charge >= 0.3 is 5.97 Å². The average Bonchev–Trinajstić information content (AvgIpc) is 2.82. The van der Waals surface area contributed by atoms with Crippen LogP contribution in [0, 0.1) is 0 Å². The lowest BCUT2D eigenvalue weighted by Gasteiger charge is -2.06. The van der Waals surface area contributed by atoms with Crippen LogP contribution in [0.15, 0.2) is 42.1 Å². The van der Waals surface area contributed by atoms with E-state index in [0.717, 1.165) is 18.1 Å². The summed E-state index contributed by atoms with van der Waals surface area (Å²) in [5.74, 6) is -0.796. The molecule has 0 amide bonds. The molecule has 0 saturated heterocycles. The van der Waals surface area contributed by atoms with Gasteiger partial charge in [0.15, 0.2) is 5.16 Å². The number of carboxylic acids is 1. The highest BCUT2D eigenvalue weighted by atomic mass is 32.2. The summed E-state index contributed by atoms with van der Waals surface area (Å²) in [5.41, 5.74) is 1.20. The topological polar surface area (TPSA) is 68.0 Å². The molecular formula is C12H13N3O2S. The second-order valence-corrected chi connectivity index (χ2v) is 4.63. The number of carboxylic acid groups (broad SMARTS) is 1. The van der Waals surface area contributed by atoms with Gasteiger partial charge in [0, 0.05) is 31.3 Å². The molecule has 1 N–H and O–H groups in total. The number of carbonyl (C=O) groups is 1. The van der Waals surface area contributed by atoms with Gasteiger partial charge in [-0.15, -0.1) is 0 Å². The molecule has 2 aromatic rings. The molecule has 0 radical (unpaired) electrons. The molecule has 6 heteroatoms. The van der Waals surface area contributed by atoms with Gasteiger partial charge in [-0.25, -0.2) is 4.98 Å². The highest BCUT2D eigenvalue weighted by Gasteiger charge is 2.06. The van der Waals surface area contributed by atoms with E-state index in [1.54, 1.807) is 18.6 Å². The van der Waals surface area contributed by atoms with E-state index >= 15 is 0 Å². The first kappa shape index (κ1) is 12.6. The van der Waals surface area contributed by atoms with Crippen LogP contribution < -0.4 is 0 Å². The van der Waals surface area contributed by atoms with Crippen molar-refractivity contribution in [3.05, 3.63) is 42.5 Å². The van der Waals surface area contributed by atoms with Crippen LogP contribution in [0.3, 0.4) is 0 Å². The quantitative estimate of drug-likeness (QED) is 0.803. The van der Waals surface area contributed by atoms with Gasteiger partial charge in [-0.3, -0.25) is 9.78 Å². The number of pyridine rings is 1. The second-order valence-electron chi connectivity index (χ2n) is 3.69. The first-order chi connectivity index (χ1) is 8.75. The van der Waals surface area contributed by atoms with Crippen molar-refractivity contribution in [1.82, 2.24) is 14.5 Å². The lowest BCUT2D eigenvalue weighted by atomic mass is 10.2. The highest BCUT2D eigenvalue weighted by molar-refractivity contribution is 7.99. The predicted molar refractivity (Wildman–Crippen MR) is 68.5 cm³/mol. The Labute approximate surface area is 109 Å². The van der Waals surface area contributed by atoms with Crippen LogP contribution in [0.5, 0.6) is 0 Å². The number of aromatic nitrogens is 3. The number of thioether (sulfide) groups is 1. The molecule has 0 saturated carbocycles. The first-order valence-corrected chi connectivity index (χ1v) is 6.49. The Balaban J connectivity index is 1.93. The van der Waals surface area contributed by atoms with Crippen molar-refractivity contribution in [3.63, 3.8) is 0 Å². The number of aliphatic carboxylic acids is 1. The van der Waals surface area contributed by atoms with Gasteiger partial charge in [0.2, 0.25) is 0 Å². The molecule has 0 aliphatic carbocycles. The van der Waals surface area contributed by atoms with Crippen molar-refractivity contribution in [2.24, 2.45) is 0 Å². The Morgan fingerprint density at radius 3 is 2.83 bits per heavy atom. The van der Waals surface area contributed by atoms with E-state index in [1.807, 2.05) is 22.9 Å². The lowest BCUT2D eigenvalue weighted by Crippen LogP contribution is -2.04. The summed E-state index contributed by atoms with van der Waals surface area (Å²) in [7, 11) is 0. The molecule has 5 nitrogen and oxygen atoms in total. The third-order valence-corrected chi connectivity index (χ3v) is 3.38. The molecule has 94 valence electrons. The largest absolute Gasteiger partial charge is 0.481 e.